The van der Waals surface area contributed by atoms with Gasteiger partial charge >= 0.3 is 6.03 Å². The Morgan fingerprint density at radius 3 is 2.29 bits per heavy atom. The minimum Gasteiger partial charge on any atom is -0.394 e. The molecule has 21 heavy (non-hydrogen) atoms. The number of nitro benzene ring substituents is 1. The molecule has 0 spiro atoms. The number of non-ortho nitro benzene ring substituents is 1. The molecule has 0 fully saturated rings. The molecule has 0 aromatic heterocycles. The summed E-state index contributed by atoms with van der Waals surface area (Å²) in [6, 6.07) is 3.76. The molecule has 0 aliphatic carbocycles. The molecule has 0 saturated carbocycles. The fourth-order valence-electron chi connectivity index (χ4n) is 1.72. The minimum atomic E-state index is -1.17. The highest BCUT2D eigenvalue weighted by Crippen LogP contribution is 2.20. The smallest absolute Gasteiger partial charge is 0.315 e. The van der Waals surface area contributed by atoms with E-state index in [0.717, 1.165) is 0 Å². The number of benzene rings is 1. The van der Waals surface area contributed by atoms with Crippen molar-refractivity contribution in [2.45, 2.75) is 32.0 Å². The summed E-state index contributed by atoms with van der Waals surface area (Å²) in [7, 11) is 0. The molecule has 0 heterocycles. The Labute approximate surface area is 121 Å². The van der Waals surface area contributed by atoms with Crippen LogP contribution in [0, 0.1) is 10.1 Å². The van der Waals surface area contributed by atoms with E-state index in [-0.39, 0.29) is 11.7 Å². The van der Waals surface area contributed by atoms with E-state index in [1.54, 1.807) is 13.8 Å². The van der Waals surface area contributed by atoms with Gasteiger partial charge in [-0.25, -0.2) is 4.79 Å². The van der Waals surface area contributed by atoms with Gasteiger partial charge < -0.3 is 20.8 Å². The monoisotopic (exact) mass is 297 g/mol. The van der Waals surface area contributed by atoms with E-state index >= 15 is 0 Å². The van der Waals surface area contributed by atoms with Gasteiger partial charge in [-0.3, -0.25) is 10.1 Å². The van der Waals surface area contributed by atoms with Crippen LogP contribution in [0.2, 0.25) is 0 Å². The van der Waals surface area contributed by atoms with Crippen molar-refractivity contribution in [1.29, 1.82) is 0 Å². The van der Waals surface area contributed by atoms with Gasteiger partial charge in [0.15, 0.2) is 0 Å². The van der Waals surface area contributed by atoms with Gasteiger partial charge in [-0.2, -0.15) is 0 Å². The van der Waals surface area contributed by atoms with E-state index < -0.39 is 29.7 Å². The number of nitrogens with zero attached hydrogens (tertiary/aromatic N) is 1. The first-order valence-corrected chi connectivity index (χ1v) is 6.45. The van der Waals surface area contributed by atoms with Crippen LogP contribution in [0.4, 0.5) is 10.5 Å². The molecule has 2 atom stereocenters. The van der Waals surface area contributed by atoms with Gasteiger partial charge in [-0.15, -0.1) is 0 Å². The Morgan fingerprint density at radius 1 is 1.29 bits per heavy atom. The van der Waals surface area contributed by atoms with Crippen molar-refractivity contribution in [3.05, 3.63) is 39.9 Å². The second-order valence-corrected chi connectivity index (χ2v) is 4.86. The number of urea groups is 1. The summed E-state index contributed by atoms with van der Waals surface area (Å²) in [6.07, 6.45) is -1.17. The first-order valence-electron chi connectivity index (χ1n) is 6.45. The molecule has 1 rings (SSSR count). The Bertz CT molecular complexity index is 489. The number of rotatable bonds is 6. The van der Waals surface area contributed by atoms with Gasteiger partial charge in [0.25, 0.3) is 5.69 Å². The van der Waals surface area contributed by atoms with Gasteiger partial charge in [-0.05, 0) is 31.5 Å². The number of nitrogens with one attached hydrogen (secondary N) is 2. The van der Waals surface area contributed by atoms with E-state index in [1.807, 2.05) is 0 Å². The predicted molar refractivity (Wildman–Crippen MR) is 75.7 cm³/mol. The third-order valence-electron chi connectivity index (χ3n) is 2.76. The molecule has 0 unspecified atom stereocenters. The SMILES string of the molecule is CC(C)NC(=O)N[C@@H](CO)[C@H](O)c1ccc([N+](=O)[O-])cc1. The molecule has 1 aromatic carbocycles. The van der Waals surface area contributed by atoms with E-state index in [0.29, 0.717) is 5.56 Å². The van der Waals surface area contributed by atoms with Crippen LogP contribution in [0.3, 0.4) is 0 Å². The van der Waals surface area contributed by atoms with Crippen LogP contribution in [-0.4, -0.2) is 39.9 Å². The zero-order valence-corrected chi connectivity index (χ0v) is 11.8. The topological polar surface area (TPSA) is 125 Å². The van der Waals surface area contributed by atoms with Crippen molar-refractivity contribution in [2.75, 3.05) is 6.61 Å². The van der Waals surface area contributed by atoms with Gasteiger partial charge in [0.2, 0.25) is 0 Å². The van der Waals surface area contributed by atoms with Gasteiger partial charge in [0.05, 0.1) is 17.6 Å². The minimum absolute atomic E-state index is 0.0825. The highest BCUT2D eigenvalue weighted by atomic mass is 16.6. The van der Waals surface area contributed by atoms with Crippen molar-refractivity contribution in [3.8, 4) is 0 Å². The van der Waals surface area contributed by atoms with Gasteiger partial charge in [0, 0.05) is 18.2 Å². The van der Waals surface area contributed by atoms with Gasteiger partial charge in [-0.1, -0.05) is 0 Å². The van der Waals surface area contributed by atoms with Crippen LogP contribution in [0.5, 0.6) is 0 Å². The fourth-order valence-corrected chi connectivity index (χ4v) is 1.72. The molecule has 0 bridgehead atoms. The number of carbonyl (C=O) groups is 1. The molecular formula is C13H19N3O5. The van der Waals surface area contributed by atoms with Crippen LogP contribution < -0.4 is 10.6 Å². The van der Waals surface area contributed by atoms with Crippen LogP contribution in [0.1, 0.15) is 25.5 Å². The molecule has 4 N–H and O–H groups in total. The van der Waals surface area contributed by atoms with Crippen molar-refractivity contribution >= 4 is 11.7 Å². The summed E-state index contributed by atoms with van der Waals surface area (Å²) in [5.41, 5.74) is 0.265. The Hall–Kier alpha value is -2.19. The Kier molecular flexibility index (Phi) is 6.07. The maximum atomic E-state index is 11.6. The summed E-state index contributed by atoms with van der Waals surface area (Å²) in [5, 5.41) is 35.0. The lowest BCUT2D eigenvalue weighted by atomic mass is 10.0. The number of amides is 2. The second-order valence-electron chi connectivity index (χ2n) is 4.86. The normalized spacial score (nSPS) is 13.6. The van der Waals surface area contributed by atoms with Crippen LogP contribution >= 0.6 is 0 Å². The highest BCUT2D eigenvalue weighted by Gasteiger charge is 2.23. The molecule has 0 saturated heterocycles. The standard InChI is InChI=1S/C13H19N3O5/c1-8(2)14-13(19)15-11(7-17)12(18)9-3-5-10(6-4-9)16(20)21/h3-6,8,11-12,17-18H,7H2,1-2H3,(H2,14,15,19)/t11-,12+/m0/s1. The second kappa shape index (κ2) is 7.55. The first kappa shape index (κ1) is 16.9. The van der Waals surface area contributed by atoms with Crippen LogP contribution in [0.15, 0.2) is 24.3 Å². The van der Waals surface area contributed by atoms with E-state index in [4.69, 9.17) is 0 Å². The highest BCUT2D eigenvalue weighted by molar-refractivity contribution is 5.74. The van der Waals surface area contributed by atoms with Crippen molar-refractivity contribution in [1.82, 2.24) is 10.6 Å². The third-order valence-corrected chi connectivity index (χ3v) is 2.76. The number of aliphatic hydroxyl groups is 2. The first-order chi connectivity index (χ1) is 9.85. The van der Waals surface area contributed by atoms with Crippen molar-refractivity contribution in [3.63, 3.8) is 0 Å². The Balaban J connectivity index is 2.75. The van der Waals surface area contributed by atoms with E-state index in [2.05, 4.69) is 10.6 Å². The lowest BCUT2D eigenvalue weighted by Gasteiger charge is -2.23. The van der Waals surface area contributed by atoms with E-state index in [1.165, 1.54) is 24.3 Å². The molecule has 116 valence electrons. The van der Waals surface area contributed by atoms with E-state index in [9.17, 15) is 25.1 Å². The van der Waals surface area contributed by atoms with Crippen molar-refractivity contribution in [2.24, 2.45) is 0 Å². The quantitative estimate of drug-likeness (QED) is 0.454. The van der Waals surface area contributed by atoms with Gasteiger partial charge in [0.1, 0.15) is 6.10 Å². The van der Waals surface area contributed by atoms with Crippen LogP contribution in [0.25, 0.3) is 0 Å². The number of nitro groups is 1. The lowest BCUT2D eigenvalue weighted by Crippen LogP contribution is -2.48. The lowest BCUT2D eigenvalue weighted by molar-refractivity contribution is -0.384. The zero-order valence-electron chi connectivity index (χ0n) is 11.8. The fraction of sp³-hybridized carbons (Fsp3) is 0.462. The Morgan fingerprint density at radius 2 is 1.86 bits per heavy atom. The van der Waals surface area contributed by atoms with Crippen LogP contribution in [-0.2, 0) is 0 Å². The molecule has 1 aromatic rings. The summed E-state index contributed by atoms with van der Waals surface area (Å²) in [6.45, 7) is 3.09. The molecule has 0 aliphatic rings. The summed E-state index contributed by atoms with van der Waals surface area (Å²) < 4.78 is 0. The van der Waals surface area contributed by atoms with Crippen molar-refractivity contribution < 1.29 is 19.9 Å². The molecular weight excluding hydrogens is 278 g/mol. The number of aliphatic hydroxyl groups excluding tert-OH is 2. The zero-order chi connectivity index (χ0) is 16.0. The largest absolute Gasteiger partial charge is 0.394 e. The maximum Gasteiger partial charge on any atom is 0.315 e. The summed E-state index contributed by atoms with van der Waals surface area (Å²) in [4.78, 5) is 21.6. The number of carbonyl (C=O) groups excluding carboxylic acids is 1. The number of hydrogen-bond donors (Lipinski definition) is 4. The number of hydrogen-bond acceptors (Lipinski definition) is 5. The average molecular weight is 297 g/mol. The maximum absolute atomic E-state index is 11.6. The predicted octanol–water partition coefficient (Wildman–Crippen LogP) is 0.697. The summed E-state index contributed by atoms with van der Waals surface area (Å²) in [5.74, 6) is 0. The molecule has 0 aliphatic heterocycles. The molecule has 8 nitrogen and oxygen atoms in total. The summed E-state index contributed by atoms with van der Waals surface area (Å²) >= 11 is 0. The molecule has 8 heteroatoms. The molecule has 0 radical (unpaired) electrons. The average Bonchev–Trinajstić information content (AvgIpc) is 2.43. The molecule has 2 amide bonds. The third kappa shape index (κ3) is 5.01.